The number of aromatic nitrogens is 4. The lowest BCUT2D eigenvalue weighted by Crippen LogP contribution is -2.02. The zero-order valence-corrected chi connectivity index (χ0v) is 11.2. The highest BCUT2D eigenvalue weighted by atomic mass is 32.2. The summed E-state index contributed by atoms with van der Waals surface area (Å²) in [6, 6.07) is 5.69. The summed E-state index contributed by atoms with van der Waals surface area (Å²) in [6.45, 7) is 0.987. The van der Waals surface area contributed by atoms with Crippen LogP contribution in [0.3, 0.4) is 0 Å². The molecule has 0 amide bonds. The SMILES string of the molecule is N#Cc1ccc(Sc2nnc3n2CCCCC3)nc1. The number of hydrogen-bond acceptors (Lipinski definition) is 5. The van der Waals surface area contributed by atoms with Crippen LogP contribution < -0.4 is 0 Å². The van der Waals surface area contributed by atoms with Crippen molar-refractivity contribution in [3.05, 3.63) is 29.7 Å². The van der Waals surface area contributed by atoms with Crippen LogP contribution in [0.2, 0.25) is 0 Å². The summed E-state index contributed by atoms with van der Waals surface area (Å²) in [4.78, 5) is 4.26. The second-order valence-corrected chi connectivity index (χ2v) is 5.45. The Bertz CT molecular complexity index is 611. The Morgan fingerprint density at radius 2 is 2.16 bits per heavy atom. The summed E-state index contributed by atoms with van der Waals surface area (Å²) in [5, 5.41) is 19.0. The predicted octanol–water partition coefficient (Wildman–Crippen LogP) is 2.42. The van der Waals surface area contributed by atoms with Crippen molar-refractivity contribution in [1.82, 2.24) is 19.7 Å². The van der Waals surface area contributed by atoms with Gasteiger partial charge in [-0.25, -0.2) is 4.98 Å². The molecule has 0 spiro atoms. The standard InChI is InChI=1S/C13H13N5S/c14-8-10-5-6-12(15-9-10)19-13-17-16-11-4-2-1-3-7-18(11)13/h5-6,9H,1-4,7H2. The van der Waals surface area contributed by atoms with Gasteiger partial charge in [-0.15, -0.1) is 10.2 Å². The van der Waals surface area contributed by atoms with Crippen molar-refractivity contribution < 1.29 is 0 Å². The first kappa shape index (κ1) is 12.2. The van der Waals surface area contributed by atoms with Crippen molar-refractivity contribution in [2.24, 2.45) is 0 Å². The molecular formula is C13H13N5S. The Morgan fingerprint density at radius 3 is 2.95 bits per heavy atom. The van der Waals surface area contributed by atoms with Crippen LogP contribution in [-0.2, 0) is 13.0 Å². The van der Waals surface area contributed by atoms with E-state index in [1.165, 1.54) is 31.0 Å². The maximum atomic E-state index is 8.75. The van der Waals surface area contributed by atoms with Gasteiger partial charge in [-0.1, -0.05) is 6.42 Å². The number of pyridine rings is 1. The first-order valence-electron chi connectivity index (χ1n) is 6.33. The van der Waals surface area contributed by atoms with Gasteiger partial charge >= 0.3 is 0 Å². The monoisotopic (exact) mass is 271 g/mol. The van der Waals surface area contributed by atoms with Gasteiger partial charge in [0.25, 0.3) is 0 Å². The fourth-order valence-electron chi connectivity index (χ4n) is 2.13. The van der Waals surface area contributed by atoms with E-state index in [4.69, 9.17) is 5.26 Å². The van der Waals surface area contributed by atoms with E-state index in [-0.39, 0.29) is 0 Å². The molecule has 96 valence electrons. The number of nitriles is 1. The summed E-state index contributed by atoms with van der Waals surface area (Å²) < 4.78 is 2.19. The quantitative estimate of drug-likeness (QED) is 0.839. The minimum atomic E-state index is 0.574. The summed E-state index contributed by atoms with van der Waals surface area (Å²) in [5.74, 6) is 1.08. The van der Waals surface area contributed by atoms with Crippen LogP contribution in [0.25, 0.3) is 0 Å². The molecule has 0 atom stereocenters. The van der Waals surface area contributed by atoms with E-state index in [1.807, 2.05) is 6.07 Å². The number of hydrogen-bond donors (Lipinski definition) is 0. The van der Waals surface area contributed by atoms with E-state index in [0.717, 1.165) is 29.0 Å². The maximum absolute atomic E-state index is 8.75. The van der Waals surface area contributed by atoms with Gasteiger partial charge in [0, 0.05) is 19.2 Å². The molecule has 3 rings (SSSR count). The van der Waals surface area contributed by atoms with Crippen molar-refractivity contribution >= 4 is 11.8 Å². The Morgan fingerprint density at radius 1 is 1.21 bits per heavy atom. The third kappa shape index (κ3) is 2.61. The highest BCUT2D eigenvalue weighted by Gasteiger charge is 2.15. The van der Waals surface area contributed by atoms with Gasteiger partial charge in [0.05, 0.1) is 5.56 Å². The van der Waals surface area contributed by atoms with Gasteiger partial charge in [-0.05, 0) is 36.7 Å². The number of fused-ring (bicyclic) bond motifs is 1. The zero-order chi connectivity index (χ0) is 13.1. The first-order chi connectivity index (χ1) is 9.36. The van der Waals surface area contributed by atoms with E-state index >= 15 is 0 Å². The molecule has 0 unspecified atom stereocenters. The third-order valence-corrected chi connectivity index (χ3v) is 4.07. The minimum absolute atomic E-state index is 0.574. The van der Waals surface area contributed by atoms with Gasteiger partial charge in [0.15, 0.2) is 5.16 Å². The molecule has 0 N–H and O–H groups in total. The minimum Gasteiger partial charge on any atom is -0.306 e. The molecule has 1 aliphatic rings. The predicted molar refractivity (Wildman–Crippen MR) is 70.7 cm³/mol. The third-order valence-electron chi connectivity index (χ3n) is 3.14. The average molecular weight is 271 g/mol. The van der Waals surface area contributed by atoms with E-state index in [0.29, 0.717) is 5.56 Å². The van der Waals surface area contributed by atoms with E-state index in [9.17, 15) is 0 Å². The largest absolute Gasteiger partial charge is 0.306 e. The van der Waals surface area contributed by atoms with Crippen LogP contribution >= 0.6 is 11.8 Å². The fourth-order valence-corrected chi connectivity index (χ4v) is 2.95. The molecular weight excluding hydrogens is 258 g/mol. The van der Waals surface area contributed by atoms with Gasteiger partial charge in [-0.3, -0.25) is 0 Å². The second-order valence-electron chi connectivity index (χ2n) is 4.46. The molecule has 0 aromatic carbocycles. The second kappa shape index (κ2) is 5.41. The van der Waals surface area contributed by atoms with E-state index < -0.39 is 0 Å². The molecule has 3 heterocycles. The molecule has 0 fully saturated rings. The summed E-state index contributed by atoms with van der Waals surface area (Å²) in [6.07, 6.45) is 6.22. The Labute approximate surface area is 115 Å². The van der Waals surface area contributed by atoms with Crippen molar-refractivity contribution in [1.29, 1.82) is 5.26 Å². The normalized spacial score (nSPS) is 14.5. The fraction of sp³-hybridized carbons (Fsp3) is 0.385. The van der Waals surface area contributed by atoms with Crippen LogP contribution in [0.15, 0.2) is 28.5 Å². The lowest BCUT2D eigenvalue weighted by molar-refractivity contribution is 0.590. The topological polar surface area (TPSA) is 67.4 Å². The molecule has 2 aromatic heterocycles. The Balaban J connectivity index is 1.83. The van der Waals surface area contributed by atoms with Crippen LogP contribution in [0.4, 0.5) is 0 Å². The van der Waals surface area contributed by atoms with Crippen molar-refractivity contribution in [2.75, 3.05) is 0 Å². The lowest BCUT2D eigenvalue weighted by Gasteiger charge is -2.05. The molecule has 0 aliphatic carbocycles. The Kier molecular flexibility index (Phi) is 3.47. The number of nitrogens with zero attached hydrogens (tertiary/aromatic N) is 5. The maximum Gasteiger partial charge on any atom is 0.197 e. The molecule has 0 bridgehead atoms. The van der Waals surface area contributed by atoms with Crippen LogP contribution in [0, 0.1) is 11.3 Å². The summed E-state index contributed by atoms with van der Waals surface area (Å²) >= 11 is 1.51. The smallest absolute Gasteiger partial charge is 0.197 e. The molecule has 2 aromatic rings. The Hall–Kier alpha value is -1.87. The van der Waals surface area contributed by atoms with Gasteiger partial charge in [0.2, 0.25) is 0 Å². The zero-order valence-electron chi connectivity index (χ0n) is 10.4. The molecule has 19 heavy (non-hydrogen) atoms. The average Bonchev–Trinajstić information content (AvgIpc) is 2.68. The molecule has 6 heteroatoms. The van der Waals surface area contributed by atoms with Crippen molar-refractivity contribution in [3.63, 3.8) is 0 Å². The highest BCUT2D eigenvalue weighted by molar-refractivity contribution is 7.99. The molecule has 1 aliphatic heterocycles. The van der Waals surface area contributed by atoms with Crippen LogP contribution in [0.1, 0.15) is 30.7 Å². The van der Waals surface area contributed by atoms with Gasteiger partial charge in [0.1, 0.15) is 16.9 Å². The molecule has 0 radical (unpaired) electrons. The van der Waals surface area contributed by atoms with Crippen LogP contribution in [0.5, 0.6) is 0 Å². The first-order valence-corrected chi connectivity index (χ1v) is 7.14. The van der Waals surface area contributed by atoms with Gasteiger partial charge in [-0.2, -0.15) is 5.26 Å². The lowest BCUT2D eigenvalue weighted by atomic mass is 10.2. The summed E-state index contributed by atoms with van der Waals surface area (Å²) in [7, 11) is 0. The molecule has 5 nitrogen and oxygen atoms in total. The van der Waals surface area contributed by atoms with E-state index in [1.54, 1.807) is 12.3 Å². The molecule has 0 saturated carbocycles. The van der Waals surface area contributed by atoms with Crippen molar-refractivity contribution in [3.8, 4) is 6.07 Å². The van der Waals surface area contributed by atoms with Crippen LogP contribution in [-0.4, -0.2) is 19.7 Å². The summed E-state index contributed by atoms with van der Waals surface area (Å²) in [5.41, 5.74) is 0.574. The van der Waals surface area contributed by atoms with Gasteiger partial charge < -0.3 is 4.57 Å². The number of aryl methyl sites for hydroxylation is 1. The number of rotatable bonds is 2. The molecule has 0 saturated heterocycles. The highest BCUT2D eigenvalue weighted by Crippen LogP contribution is 2.27. The van der Waals surface area contributed by atoms with Crippen molar-refractivity contribution in [2.45, 2.75) is 42.4 Å². The van der Waals surface area contributed by atoms with E-state index in [2.05, 4.69) is 25.8 Å².